The minimum atomic E-state index is 0.914. The maximum absolute atomic E-state index is 8.42. The lowest BCUT2D eigenvalue weighted by atomic mass is 10.3. The molecule has 4 nitrogen and oxygen atoms in total. The monoisotopic (exact) mass is 183 g/mol. The molecule has 2 heterocycles. The van der Waals surface area contributed by atoms with Crippen molar-refractivity contribution in [2.75, 3.05) is 5.75 Å². The summed E-state index contributed by atoms with van der Waals surface area (Å²) in [7, 11) is 0. The molecule has 0 amide bonds. The van der Waals surface area contributed by atoms with E-state index in [4.69, 9.17) is 5.21 Å². The van der Waals surface area contributed by atoms with Crippen molar-refractivity contribution in [1.82, 2.24) is 9.55 Å². The topological polar surface area (TPSA) is 50.4 Å². The van der Waals surface area contributed by atoms with Crippen LogP contribution in [-0.2, 0) is 6.54 Å². The molecule has 0 unspecified atom stereocenters. The van der Waals surface area contributed by atoms with Crippen LogP contribution in [0.2, 0.25) is 0 Å². The van der Waals surface area contributed by atoms with Gasteiger partial charge >= 0.3 is 0 Å². The Morgan fingerprint density at radius 3 is 3.33 bits per heavy atom. The van der Waals surface area contributed by atoms with Gasteiger partial charge in [-0.2, -0.15) is 0 Å². The molecule has 12 heavy (non-hydrogen) atoms. The van der Waals surface area contributed by atoms with Crippen LogP contribution in [0.25, 0.3) is 0 Å². The predicted molar refractivity (Wildman–Crippen MR) is 47.1 cm³/mol. The average Bonchev–Trinajstić information content (AvgIpc) is 2.56. The number of aromatic nitrogens is 2. The molecule has 1 aromatic rings. The standard InChI is InChI=1S/C7H9N3OS/c1-5-6(4-8-11)10-2-3-12-7(10)9-5/h4,11H,2-3H2,1H3/b8-4-. The lowest BCUT2D eigenvalue weighted by molar-refractivity contribution is 0.321. The number of fused-ring (bicyclic) bond motifs is 1. The zero-order valence-electron chi connectivity index (χ0n) is 6.69. The van der Waals surface area contributed by atoms with Crippen molar-refractivity contribution in [1.29, 1.82) is 0 Å². The summed E-state index contributed by atoms with van der Waals surface area (Å²) in [6.45, 7) is 2.88. The highest BCUT2D eigenvalue weighted by Gasteiger charge is 2.17. The molecule has 0 saturated heterocycles. The summed E-state index contributed by atoms with van der Waals surface area (Å²) < 4.78 is 2.07. The maximum atomic E-state index is 8.42. The average molecular weight is 183 g/mol. The Hall–Kier alpha value is -0.970. The number of nitrogens with zero attached hydrogens (tertiary/aromatic N) is 3. The number of hydrogen-bond donors (Lipinski definition) is 1. The molecule has 5 heteroatoms. The molecule has 0 saturated carbocycles. The van der Waals surface area contributed by atoms with Crippen LogP contribution < -0.4 is 0 Å². The Morgan fingerprint density at radius 2 is 2.58 bits per heavy atom. The molecule has 0 atom stereocenters. The molecule has 0 spiro atoms. The SMILES string of the molecule is Cc1nc2n(c1/C=N\O)CCS2. The second kappa shape index (κ2) is 2.82. The Labute approximate surface area is 74.3 Å². The maximum Gasteiger partial charge on any atom is 0.168 e. The van der Waals surface area contributed by atoms with Gasteiger partial charge in [0.05, 0.1) is 17.6 Å². The van der Waals surface area contributed by atoms with E-state index >= 15 is 0 Å². The van der Waals surface area contributed by atoms with Crippen LogP contribution in [0.15, 0.2) is 10.3 Å². The van der Waals surface area contributed by atoms with Gasteiger partial charge in [-0.1, -0.05) is 16.9 Å². The van der Waals surface area contributed by atoms with Crippen LogP contribution in [0.1, 0.15) is 11.4 Å². The van der Waals surface area contributed by atoms with E-state index in [1.807, 2.05) is 6.92 Å². The normalized spacial score (nSPS) is 15.8. The molecule has 1 aliphatic rings. The predicted octanol–water partition coefficient (Wildman–Crippen LogP) is 1.11. The zero-order chi connectivity index (χ0) is 8.55. The van der Waals surface area contributed by atoms with Crippen LogP contribution in [0.4, 0.5) is 0 Å². The third kappa shape index (κ3) is 1.01. The molecule has 0 fully saturated rings. The summed E-state index contributed by atoms with van der Waals surface area (Å²) in [6, 6.07) is 0. The number of imidazole rings is 1. The summed E-state index contributed by atoms with van der Waals surface area (Å²) in [5.74, 6) is 1.06. The summed E-state index contributed by atoms with van der Waals surface area (Å²) >= 11 is 1.74. The van der Waals surface area contributed by atoms with E-state index in [0.29, 0.717) is 0 Å². The first-order valence-electron chi connectivity index (χ1n) is 3.70. The van der Waals surface area contributed by atoms with Crippen molar-refractivity contribution >= 4 is 18.0 Å². The smallest absolute Gasteiger partial charge is 0.168 e. The minimum Gasteiger partial charge on any atom is -0.411 e. The van der Waals surface area contributed by atoms with E-state index < -0.39 is 0 Å². The van der Waals surface area contributed by atoms with Crippen molar-refractivity contribution in [3.05, 3.63) is 11.4 Å². The van der Waals surface area contributed by atoms with Gasteiger partial charge in [-0.15, -0.1) is 0 Å². The van der Waals surface area contributed by atoms with Crippen molar-refractivity contribution < 1.29 is 5.21 Å². The van der Waals surface area contributed by atoms with E-state index in [1.165, 1.54) is 6.21 Å². The fourth-order valence-corrected chi connectivity index (χ4v) is 2.34. The molecule has 2 rings (SSSR count). The van der Waals surface area contributed by atoms with Gasteiger partial charge in [-0.05, 0) is 6.92 Å². The Kier molecular flexibility index (Phi) is 1.80. The molecule has 1 N–H and O–H groups in total. The second-order valence-electron chi connectivity index (χ2n) is 2.61. The minimum absolute atomic E-state index is 0.914. The van der Waals surface area contributed by atoms with Crippen LogP contribution in [-0.4, -0.2) is 26.7 Å². The lowest BCUT2D eigenvalue weighted by Gasteiger charge is -1.96. The van der Waals surface area contributed by atoms with Crippen LogP contribution in [0.3, 0.4) is 0 Å². The van der Waals surface area contributed by atoms with Gasteiger partial charge in [-0.3, -0.25) is 0 Å². The molecular formula is C7H9N3OS. The number of aryl methyl sites for hydroxylation is 1. The van der Waals surface area contributed by atoms with Gasteiger partial charge in [-0.25, -0.2) is 4.98 Å². The molecule has 0 aromatic carbocycles. The van der Waals surface area contributed by atoms with E-state index in [1.54, 1.807) is 11.8 Å². The summed E-state index contributed by atoms with van der Waals surface area (Å²) in [4.78, 5) is 4.33. The highest BCUT2D eigenvalue weighted by molar-refractivity contribution is 7.99. The molecule has 1 aliphatic heterocycles. The summed E-state index contributed by atoms with van der Waals surface area (Å²) in [6.07, 6.45) is 1.44. The van der Waals surface area contributed by atoms with Gasteiger partial charge in [0.1, 0.15) is 0 Å². The van der Waals surface area contributed by atoms with Crippen LogP contribution in [0.5, 0.6) is 0 Å². The van der Waals surface area contributed by atoms with Crippen molar-refractivity contribution in [3.8, 4) is 0 Å². The largest absolute Gasteiger partial charge is 0.411 e. The third-order valence-electron chi connectivity index (χ3n) is 1.88. The van der Waals surface area contributed by atoms with E-state index in [9.17, 15) is 0 Å². The van der Waals surface area contributed by atoms with Crippen LogP contribution in [0, 0.1) is 6.92 Å². The third-order valence-corrected chi connectivity index (χ3v) is 2.84. The molecule has 0 aliphatic carbocycles. The Balaban J connectivity index is 2.51. The van der Waals surface area contributed by atoms with Gasteiger partial charge in [0.15, 0.2) is 5.16 Å². The summed E-state index contributed by atoms with van der Waals surface area (Å²) in [5, 5.41) is 12.5. The quantitative estimate of drug-likeness (QED) is 0.403. The van der Waals surface area contributed by atoms with Crippen molar-refractivity contribution in [3.63, 3.8) is 0 Å². The Bertz CT molecular complexity index is 332. The highest BCUT2D eigenvalue weighted by Crippen LogP contribution is 2.26. The van der Waals surface area contributed by atoms with E-state index in [-0.39, 0.29) is 0 Å². The fraction of sp³-hybridized carbons (Fsp3) is 0.429. The first-order valence-corrected chi connectivity index (χ1v) is 4.69. The zero-order valence-corrected chi connectivity index (χ0v) is 7.51. The number of oxime groups is 1. The van der Waals surface area contributed by atoms with Gasteiger partial charge in [0, 0.05) is 12.3 Å². The molecule has 0 radical (unpaired) electrons. The number of rotatable bonds is 1. The van der Waals surface area contributed by atoms with Crippen LogP contribution >= 0.6 is 11.8 Å². The molecular weight excluding hydrogens is 174 g/mol. The van der Waals surface area contributed by atoms with E-state index in [0.717, 1.165) is 28.8 Å². The first-order chi connectivity index (χ1) is 5.83. The first kappa shape index (κ1) is 7.67. The van der Waals surface area contributed by atoms with Crippen molar-refractivity contribution in [2.24, 2.45) is 5.16 Å². The molecule has 1 aromatic heterocycles. The van der Waals surface area contributed by atoms with Gasteiger partial charge in [0.2, 0.25) is 0 Å². The number of hydrogen-bond acceptors (Lipinski definition) is 4. The van der Waals surface area contributed by atoms with Gasteiger partial charge < -0.3 is 9.77 Å². The van der Waals surface area contributed by atoms with Crippen molar-refractivity contribution in [2.45, 2.75) is 18.6 Å². The molecule has 64 valence electrons. The molecule has 0 bridgehead atoms. The lowest BCUT2D eigenvalue weighted by Crippen LogP contribution is -2.00. The fourth-order valence-electron chi connectivity index (χ4n) is 1.33. The number of thioether (sulfide) groups is 1. The Morgan fingerprint density at radius 1 is 1.75 bits per heavy atom. The summed E-state index contributed by atoms with van der Waals surface area (Å²) in [5.41, 5.74) is 1.84. The van der Waals surface area contributed by atoms with Gasteiger partial charge in [0.25, 0.3) is 0 Å². The van der Waals surface area contributed by atoms with E-state index in [2.05, 4.69) is 14.7 Å². The second-order valence-corrected chi connectivity index (χ2v) is 3.67. The highest BCUT2D eigenvalue weighted by atomic mass is 32.2.